The Morgan fingerprint density at radius 3 is 2.83 bits per heavy atom. The summed E-state index contributed by atoms with van der Waals surface area (Å²) in [4.78, 5) is 2.13. The van der Waals surface area contributed by atoms with E-state index in [1.54, 1.807) is 6.07 Å². The van der Waals surface area contributed by atoms with Crippen molar-refractivity contribution in [3.63, 3.8) is 0 Å². The number of rotatable bonds is 5. The first-order valence-electron chi connectivity index (χ1n) is 7.04. The molecule has 2 nitrogen and oxygen atoms in total. The van der Waals surface area contributed by atoms with Gasteiger partial charge in [-0.1, -0.05) is 18.6 Å². The van der Waals surface area contributed by atoms with Gasteiger partial charge in [-0.15, -0.1) is 0 Å². The van der Waals surface area contributed by atoms with E-state index in [1.165, 1.54) is 25.3 Å². The van der Waals surface area contributed by atoms with Gasteiger partial charge in [0.2, 0.25) is 0 Å². The highest BCUT2D eigenvalue weighted by Crippen LogP contribution is 2.19. The maximum Gasteiger partial charge on any atom is 0.146 e. The minimum absolute atomic E-state index is 0.115. The number of piperidine rings is 1. The molecule has 0 aromatic heterocycles. The van der Waals surface area contributed by atoms with E-state index in [4.69, 9.17) is 0 Å². The zero-order valence-corrected chi connectivity index (χ0v) is 11.2. The Balaban J connectivity index is 1.91. The fourth-order valence-corrected chi connectivity index (χ4v) is 2.64. The predicted molar refractivity (Wildman–Crippen MR) is 74.5 cm³/mol. The maximum absolute atomic E-state index is 13.7. The highest BCUT2D eigenvalue weighted by atomic mass is 19.1. The fourth-order valence-electron chi connectivity index (χ4n) is 2.64. The molecule has 1 atom stereocenters. The lowest BCUT2D eigenvalue weighted by Crippen LogP contribution is -2.37. The molecular formula is C15H23FN2. The Hall–Kier alpha value is -1.09. The van der Waals surface area contributed by atoms with Gasteiger partial charge in [0, 0.05) is 19.1 Å². The number of hydrogen-bond donors (Lipinski definition) is 1. The Kier molecular flexibility index (Phi) is 5.00. The number of nitrogens with one attached hydrogen (secondary N) is 1. The summed E-state index contributed by atoms with van der Waals surface area (Å²) in [6, 6.07) is 7.67. The van der Waals surface area contributed by atoms with Gasteiger partial charge in [-0.05, 0) is 44.9 Å². The van der Waals surface area contributed by atoms with Gasteiger partial charge in [0.15, 0.2) is 0 Å². The molecule has 1 saturated heterocycles. The Morgan fingerprint density at radius 2 is 2.17 bits per heavy atom. The second-order valence-corrected chi connectivity index (χ2v) is 4.97. The average molecular weight is 250 g/mol. The maximum atomic E-state index is 13.7. The quantitative estimate of drug-likeness (QED) is 0.863. The van der Waals surface area contributed by atoms with Crippen LogP contribution in [0.5, 0.6) is 0 Å². The van der Waals surface area contributed by atoms with Crippen LogP contribution in [0.2, 0.25) is 0 Å². The molecule has 3 heteroatoms. The van der Waals surface area contributed by atoms with Crippen LogP contribution in [-0.2, 0) is 0 Å². The number of nitrogens with zero attached hydrogens (tertiary/aromatic N) is 1. The van der Waals surface area contributed by atoms with Crippen molar-refractivity contribution in [2.24, 2.45) is 0 Å². The molecule has 1 aromatic rings. The largest absolute Gasteiger partial charge is 0.369 e. The molecule has 0 saturated carbocycles. The van der Waals surface area contributed by atoms with Gasteiger partial charge in [0.1, 0.15) is 5.82 Å². The van der Waals surface area contributed by atoms with Crippen molar-refractivity contribution >= 4 is 5.69 Å². The molecule has 0 amide bonds. The molecule has 1 N–H and O–H groups in total. The van der Waals surface area contributed by atoms with Crippen LogP contribution in [0.25, 0.3) is 0 Å². The summed E-state index contributed by atoms with van der Waals surface area (Å²) in [5.74, 6) is -0.115. The first-order valence-corrected chi connectivity index (χ1v) is 7.04. The van der Waals surface area contributed by atoms with Crippen molar-refractivity contribution in [2.45, 2.75) is 38.6 Å². The van der Waals surface area contributed by atoms with Crippen molar-refractivity contribution in [3.8, 4) is 0 Å². The topological polar surface area (TPSA) is 15.3 Å². The van der Waals surface area contributed by atoms with Crippen LogP contribution >= 0.6 is 0 Å². The van der Waals surface area contributed by atoms with Crippen LogP contribution in [0.15, 0.2) is 24.3 Å². The van der Waals surface area contributed by atoms with Crippen LogP contribution in [0.1, 0.15) is 32.6 Å². The minimum Gasteiger partial charge on any atom is -0.369 e. The summed E-state index contributed by atoms with van der Waals surface area (Å²) >= 11 is 0. The van der Waals surface area contributed by atoms with Gasteiger partial charge in [0.05, 0.1) is 5.69 Å². The molecule has 1 aliphatic rings. The first-order chi connectivity index (χ1) is 8.81. The van der Waals surface area contributed by atoms with E-state index in [1.807, 2.05) is 12.1 Å². The summed E-state index contributed by atoms with van der Waals surface area (Å²) in [5.41, 5.74) is 0.732. The summed E-state index contributed by atoms with van der Waals surface area (Å²) < 4.78 is 13.7. The summed E-state index contributed by atoms with van der Waals surface area (Å²) in [5, 5.41) is 3.54. The van der Waals surface area contributed by atoms with Gasteiger partial charge in [-0.2, -0.15) is 0 Å². The molecule has 1 fully saturated rings. The zero-order valence-electron chi connectivity index (χ0n) is 11.2. The molecule has 0 bridgehead atoms. The van der Waals surface area contributed by atoms with Crippen molar-refractivity contribution in [2.75, 3.05) is 24.5 Å². The third-order valence-corrected chi connectivity index (χ3v) is 3.73. The number of benzene rings is 1. The lowest BCUT2D eigenvalue weighted by molar-refractivity contribution is 0.383. The van der Waals surface area contributed by atoms with Crippen molar-refractivity contribution in [3.05, 3.63) is 30.1 Å². The SMILES string of the molecule is CCN(CCC1CCCCN1)c1ccccc1F. The van der Waals surface area contributed by atoms with Gasteiger partial charge in [-0.3, -0.25) is 0 Å². The van der Waals surface area contributed by atoms with Crippen molar-refractivity contribution in [1.82, 2.24) is 5.32 Å². The summed E-state index contributed by atoms with van der Waals surface area (Å²) in [7, 11) is 0. The van der Waals surface area contributed by atoms with E-state index >= 15 is 0 Å². The fraction of sp³-hybridized carbons (Fsp3) is 0.600. The molecule has 1 aliphatic heterocycles. The van der Waals surface area contributed by atoms with E-state index in [9.17, 15) is 4.39 Å². The van der Waals surface area contributed by atoms with E-state index in [2.05, 4.69) is 17.1 Å². The van der Waals surface area contributed by atoms with Crippen LogP contribution in [0.4, 0.5) is 10.1 Å². The second-order valence-electron chi connectivity index (χ2n) is 4.97. The van der Waals surface area contributed by atoms with E-state index < -0.39 is 0 Å². The van der Waals surface area contributed by atoms with Crippen molar-refractivity contribution in [1.29, 1.82) is 0 Å². The number of anilines is 1. The van der Waals surface area contributed by atoms with Crippen LogP contribution in [0, 0.1) is 5.82 Å². The molecule has 0 aliphatic carbocycles. The molecule has 0 radical (unpaired) electrons. The molecule has 1 aromatic carbocycles. The van der Waals surface area contributed by atoms with Crippen LogP contribution in [0.3, 0.4) is 0 Å². The van der Waals surface area contributed by atoms with Gasteiger partial charge in [0.25, 0.3) is 0 Å². The first kappa shape index (κ1) is 13.3. The standard InChI is InChI=1S/C15H23FN2/c1-2-18(15-9-4-3-8-14(15)16)12-10-13-7-5-6-11-17-13/h3-4,8-9,13,17H,2,5-7,10-12H2,1H3. The summed E-state index contributed by atoms with van der Waals surface area (Å²) in [6.45, 7) is 5.00. The Morgan fingerprint density at radius 1 is 1.33 bits per heavy atom. The number of halogens is 1. The smallest absolute Gasteiger partial charge is 0.146 e. The molecular weight excluding hydrogens is 227 g/mol. The monoisotopic (exact) mass is 250 g/mol. The second kappa shape index (κ2) is 6.74. The van der Waals surface area contributed by atoms with Crippen LogP contribution in [-0.4, -0.2) is 25.7 Å². The lowest BCUT2D eigenvalue weighted by atomic mass is 10.0. The normalized spacial score (nSPS) is 19.8. The van der Waals surface area contributed by atoms with E-state index in [0.717, 1.165) is 31.7 Å². The highest BCUT2D eigenvalue weighted by molar-refractivity contribution is 5.47. The van der Waals surface area contributed by atoms with Gasteiger partial charge < -0.3 is 10.2 Å². The third kappa shape index (κ3) is 3.45. The van der Waals surface area contributed by atoms with Gasteiger partial charge >= 0.3 is 0 Å². The predicted octanol–water partition coefficient (Wildman–Crippen LogP) is 3.18. The third-order valence-electron chi connectivity index (χ3n) is 3.73. The summed E-state index contributed by atoms with van der Waals surface area (Å²) in [6.07, 6.45) is 4.97. The van der Waals surface area contributed by atoms with Crippen LogP contribution < -0.4 is 10.2 Å². The molecule has 18 heavy (non-hydrogen) atoms. The lowest BCUT2D eigenvalue weighted by Gasteiger charge is -2.28. The van der Waals surface area contributed by atoms with Crippen molar-refractivity contribution < 1.29 is 4.39 Å². The highest BCUT2D eigenvalue weighted by Gasteiger charge is 2.15. The average Bonchev–Trinajstić information content (AvgIpc) is 2.42. The molecule has 1 unspecified atom stereocenters. The molecule has 2 rings (SSSR count). The Labute approximate surface area is 109 Å². The molecule has 100 valence electrons. The van der Waals surface area contributed by atoms with E-state index in [-0.39, 0.29) is 5.82 Å². The minimum atomic E-state index is -0.115. The number of para-hydroxylation sites is 1. The Bertz CT molecular complexity index is 361. The number of hydrogen-bond acceptors (Lipinski definition) is 2. The zero-order chi connectivity index (χ0) is 12.8. The van der Waals surface area contributed by atoms with Gasteiger partial charge in [-0.25, -0.2) is 4.39 Å². The molecule has 0 spiro atoms. The van der Waals surface area contributed by atoms with E-state index in [0.29, 0.717) is 6.04 Å². The molecule has 1 heterocycles.